The standard InChI is InChI=1S/C14H23NO3/c1-11(2)15-9-6-10-18-14-12(16-3)7-5-8-13(14)17-4/h5,7-8,11,15H,6,9-10H2,1-4H3. The van der Waals surface area contributed by atoms with E-state index in [0.717, 1.165) is 13.0 Å². The van der Waals surface area contributed by atoms with Crippen LogP contribution in [0.2, 0.25) is 0 Å². The van der Waals surface area contributed by atoms with Crippen molar-refractivity contribution in [3.8, 4) is 17.2 Å². The molecule has 18 heavy (non-hydrogen) atoms. The highest BCUT2D eigenvalue weighted by Crippen LogP contribution is 2.36. The maximum atomic E-state index is 5.74. The second-order valence-electron chi connectivity index (χ2n) is 4.30. The number of para-hydroxylation sites is 1. The Balaban J connectivity index is 2.50. The van der Waals surface area contributed by atoms with E-state index in [1.165, 1.54) is 0 Å². The van der Waals surface area contributed by atoms with Crippen LogP contribution in [0.1, 0.15) is 20.3 Å². The van der Waals surface area contributed by atoms with Crippen LogP contribution < -0.4 is 19.5 Å². The molecule has 4 heteroatoms. The first-order chi connectivity index (χ1) is 8.69. The molecule has 0 aromatic heterocycles. The predicted octanol–water partition coefficient (Wildman–Crippen LogP) is 2.47. The summed E-state index contributed by atoms with van der Waals surface area (Å²) in [6.45, 7) is 5.83. The number of hydrogen-bond acceptors (Lipinski definition) is 4. The number of ether oxygens (including phenoxy) is 3. The van der Waals surface area contributed by atoms with E-state index in [9.17, 15) is 0 Å². The van der Waals surface area contributed by atoms with E-state index in [0.29, 0.717) is 29.9 Å². The van der Waals surface area contributed by atoms with Gasteiger partial charge in [-0.3, -0.25) is 0 Å². The summed E-state index contributed by atoms with van der Waals surface area (Å²) in [5, 5.41) is 3.35. The summed E-state index contributed by atoms with van der Waals surface area (Å²) in [7, 11) is 3.25. The van der Waals surface area contributed by atoms with Gasteiger partial charge in [-0.2, -0.15) is 0 Å². The molecule has 0 aliphatic rings. The van der Waals surface area contributed by atoms with Crippen molar-refractivity contribution in [2.24, 2.45) is 0 Å². The van der Waals surface area contributed by atoms with E-state index in [1.807, 2.05) is 18.2 Å². The lowest BCUT2D eigenvalue weighted by Crippen LogP contribution is -2.24. The van der Waals surface area contributed by atoms with Crippen molar-refractivity contribution in [2.45, 2.75) is 26.3 Å². The van der Waals surface area contributed by atoms with Crippen LogP contribution in [-0.2, 0) is 0 Å². The first-order valence-electron chi connectivity index (χ1n) is 6.26. The quantitative estimate of drug-likeness (QED) is 0.722. The molecule has 1 rings (SSSR count). The minimum Gasteiger partial charge on any atom is -0.493 e. The molecule has 0 radical (unpaired) electrons. The van der Waals surface area contributed by atoms with Crippen LogP contribution in [0.15, 0.2) is 18.2 Å². The van der Waals surface area contributed by atoms with E-state index >= 15 is 0 Å². The zero-order valence-electron chi connectivity index (χ0n) is 11.7. The van der Waals surface area contributed by atoms with Gasteiger partial charge >= 0.3 is 0 Å². The second-order valence-corrected chi connectivity index (χ2v) is 4.30. The first-order valence-corrected chi connectivity index (χ1v) is 6.26. The highest BCUT2D eigenvalue weighted by atomic mass is 16.5. The largest absolute Gasteiger partial charge is 0.493 e. The lowest BCUT2D eigenvalue weighted by atomic mass is 10.3. The Hall–Kier alpha value is -1.42. The lowest BCUT2D eigenvalue weighted by Gasteiger charge is -2.14. The van der Waals surface area contributed by atoms with Gasteiger partial charge < -0.3 is 19.5 Å². The van der Waals surface area contributed by atoms with Crippen LogP contribution in [-0.4, -0.2) is 33.4 Å². The molecule has 1 N–H and O–H groups in total. The number of nitrogens with one attached hydrogen (secondary N) is 1. The van der Waals surface area contributed by atoms with Gasteiger partial charge in [0, 0.05) is 6.04 Å². The van der Waals surface area contributed by atoms with E-state index in [1.54, 1.807) is 14.2 Å². The van der Waals surface area contributed by atoms with E-state index in [-0.39, 0.29) is 0 Å². The second kappa shape index (κ2) is 7.82. The topological polar surface area (TPSA) is 39.7 Å². The zero-order valence-corrected chi connectivity index (χ0v) is 11.7. The third-order valence-corrected chi connectivity index (χ3v) is 2.50. The lowest BCUT2D eigenvalue weighted by molar-refractivity contribution is 0.268. The Morgan fingerprint density at radius 1 is 1.11 bits per heavy atom. The molecule has 0 bridgehead atoms. The Morgan fingerprint density at radius 3 is 2.22 bits per heavy atom. The van der Waals surface area contributed by atoms with Crippen molar-refractivity contribution in [1.82, 2.24) is 5.32 Å². The van der Waals surface area contributed by atoms with Gasteiger partial charge in [-0.15, -0.1) is 0 Å². The highest BCUT2D eigenvalue weighted by molar-refractivity contribution is 5.51. The van der Waals surface area contributed by atoms with Gasteiger partial charge in [0.2, 0.25) is 5.75 Å². The Bertz CT molecular complexity index is 331. The summed E-state index contributed by atoms with van der Waals surface area (Å²) in [5.74, 6) is 2.07. The van der Waals surface area contributed by atoms with Crippen molar-refractivity contribution in [1.29, 1.82) is 0 Å². The van der Waals surface area contributed by atoms with Crippen LogP contribution in [0, 0.1) is 0 Å². The van der Waals surface area contributed by atoms with Gasteiger partial charge in [0.25, 0.3) is 0 Å². The molecule has 0 saturated carbocycles. The third kappa shape index (κ3) is 4.45. The number of hydrogen-bond donors (Lipinski definition) is 1. The SMILES string of the molecule is COc1cccc(OC)c1OCCCNC(C)C. The molecule has 4 nitrogen and oxygen atoms in total. The number of rotatable bonds is 8. The average molecular weight is 253 g/mol. The molecule has 0 amide bonds. The van der Waals surface area contributed by atoms with Gasteiger partial charge in [-0.05, 0) is 25.1 Å². The van der Waals surface area contributed by atoms with Crippen LogP contribution >= 0.6 is 0 Å². The molecule has 0 saturated heterocycles. The van der Waals surface area contributed by atoms with E-state index in [4.69, 9.17) is 14.2 Å². The zero-order chi connectivity index (χ0) is 13.4. The molecule has 0 fully saturated rings. The minimum atomic E-state index is 0.505. The molecule has 102 valence electrons. The minimum absolute atomic E-state index is 0.505. The van der Waals surface area contributed by atoms with Crippen molar-refractivity contribution in [2.75, 3.05) is 27.4 Å². The number of methoxy groups -OCH3 is 2. The monoisotopic (exact) mass is 253 g/mol. The molecule has 0 spiro atoms. The fraction of sp³-hybridized carbons (Fsp3) is 0.571. The molecule has 0 aliphatic carbocycles. The predicted molar refractivity (Wildman–Crippen MR) is 72.8 cm³/mol. The van der Waals surface area contributed by atoms with Crippen molar-refractivity contribution in [3.05, 3.63) is 18.2 Å². The Labute approximate surface area is 109 Å². The molecule has 0 aliphatic heterocycles. The van der Waals surface area contributed by atoms with Gasteiger partial charge in [0.15, 0.2) is 11.5 Å². The molecule has 1 aromatic rings. The summed E-state index contributed by atoms with van der Waals surface area (Å²) in [5.41, 5.74) is 0. The molecule has 0 atom stereocenters. The van der Waals surface area contributed by atoms with Crippen molar-refractivity contribution in [3.63, 3.8) is 0 Å². The van der Waals surface area contributed by atoms with Crippen molar-refractivity contribution >= 4 is 0 Å². The highest BCUT2D eigenvalue weighted by Gasteiger charge is 2.10. The molecule has 1 aromatic carbocycles. The van der Waals surface area contributed by atoms with Gasteiger partial charge in [-0.1, -0.05) is 19.9 Å². The smallest absolute Gasteiger partial charge is 0.203 e. The fourth-order valence-electron chi connectivity index (χ4n) is 1.60. The summed E-state index contributed by atoms with van der Waals surface area (Å²) in [6, 6.07) is 6.12. The van der Waals surface area contributed by atoms with Crippen LogP contribution in [0.5, 0.6) is 17.2 Å². The van der Waals surface area contributed by atoms with E-state index < -0.39 is 0 Å². The van der Waals surface area contributed by atoms with Crippen LogP contribution in [0.4, 0.5) is 0 Å². The average Bonchev–Trinajstić information content (AvgIpc) is 2.37. The number of benzene rings is 1. The molecular weight excluding hydrogens is 230 g/mol. The van der Waals surface area contributed by atoms with Gasteiger partial charge in [-0.25, -0.2) is 0 Å². The van der Waals surface area contributed by atoms with E-state index in [2.05, 4.69) is 19.2 Å². The summed E-state index contributed by atoms with van der Waals surface area (Å²) < 4.78 is 16.3. The maximum Gasteiger partial charge on any atom is 0.203 e. The maximum absolute atomic E-state index is 5.74. The van der Waals surface area contributed by atoms with Crippen LogP contribution in [0.3, 0.4) is 0 Å². The normalized spacial score (nSPS) is 10.5. The summed E-state index contributed by atoms with van der Waals surface area (Å²) >= 11 is 0. The Kier molecular flexibility index (Phi) is 6.36. The summed E-state index contributed by atoms with van der Waals surface area (Å²) in [6.07, 6.45) is 0.944. The third-order valence-electron chi connectivity index (χ3n) is 2.50. The van der Waals surface area contributed by atoms with Crippen molar-refractivity contribution < 1.29 is 14.2 Å². The van der Waals surface area contributed by atoms with Crippen LogP contribution in [0.25, 0.3) is 0 Å². The van der Waals surface area contributed by atoms with Gasteiger partial charge in [0.05, 0.1) is 20.8 Å². The molecular formula is C14H23NO3. The molecule has 0 heterocycles. The Morgan fingerprint density at radius 2 is 1.72 bits per heavy atom. The first kappa shape index (κ1) is 14.6. The fourth-order valence-corrected chi connectivity index (χ4v) is 1.60. The van der Waals surface area contributed by atoms with Gasteiger partial charge in [0.1, 0.15) is 0 Å². The summed E-state index contributed by atoms with van der Waals surface area (Å²) in [4.78, 5) is 0. The molecule has 0 unspecified atom stereocenters.